The van der Waals surface area contributed by atoms with Crippen LogP contribution >= 0.6 is 0 Å². The smallest absolute Gasteiger partial charge is 0.0472 e. The summed E-state index contributed by atoms with van der Waals surface area (Å²) in [5.41, 5.74) is 6.51. The van der Waals surface area contributed by atoms with Crippen LogP contribution in [-0.4, -0.2) is 27.5 Å². The maximum absolute atomic E-state index is 4.08. The standard InChI is InChI=1S/C25H27N3.C7H16/c1-2-27-14-21(20-13-26-24-11-4-3-9-18(20)24)22(15-27)23-16-28-12-6-8-17-7-5-10-19(23)25(17)28;1-5-6-7(2,3)4/h2-4,9-11,13,16,21-22,26H,1,5-8,12,14-15H2;5-6H2,1-4H3. The molecule has 0 saturated carbocycles. The number of hydrogen-bond acceptors (Lipinski definition) is 1. The van der Waals surface area contributed by atoms with Crippen molar-refractivity contribution in [3.63, 3.8) is 0 Å². The summed E-state index contributed by atoms with van der Waals surface area (Å²) >= 11 is 0. The molecule has 2 unspecified atom stereocenters. The van der Waals surface area contributed by atoms with E-state index in [0.717, 1.165) is 13.1 Å². The van der Waals surface area contributed by atoms with Gasteiger partial charge in [-0.25, -0.2) is 0 Å². The molecule has 1 aliphatic carbocycles. The Bertz CT molecular complexity index is 1310. The number of rotatable bonds is 4. The third kappa shape index (κ3) is 4.75. The van der Waals surface area contributed by atoms with Crippen LogP contribution in [-0.2, 0) is 6.54 Å². The van der Waals surface area contributed by atoms with Gasteiger partial charge in [-0.3, -0.25) is 0 Å². The molecule has 186 valence electrons. The summed E-state index contributed by atoms with van der Waals surface area (Å²) in [7, 11) is 0. The third-order valence-corrected chi connectivity index (χ3v) is 8.18. The molecule has 6 rings (SSSR count). The molecule has 1 aromatic carbocycles. The molecule has 0 bridgehead atoms. The van der Waals surface area contributed by atoms with Crippen LogP contribution in [0, 0.1) is 5.41 Å². The first-order valence-electron chi connectivity index (χ1n) is 13.7. The second-order valence-electron chi connectivity index (χ2n) is 11.9. The van der Waals surface area contributed by atoms with E-state index in [-0.39, 0.29) is 0 Å². The number of aromatic amines is 1. The van der Waals surface area contributed by atoms with Crippen molar-refractivity contribution >= 4 is 22.6 Å². The average Bonchev–Trinajstić information content (AvgIpc) is 3.55. The lowest BCUT2D eigenvalue weighted by atomic mass is 9.83. The first kappa shape index (κ1) is 24.0. The van der Waals surface area contributed by atoms with Gasteiger partial charge in [-0.2, -0.15) is 0 Å². The van der Waals surface area contributed by atoms with Gasteiger partial charge in [0.2, 0.25) is 0 Å². The van der Waals surface area contributed by atoms with Gasteiger partial charge in [-0.1, -0.05) is 65.0 Å². The second kappa shape index (κ2) is 9.76. The number of aromatic nitrogens is 2. The summed E-state index contributed by atoms with van der Waals surface area (Å²) in [6.45, 7) is 16.4. The quantitative estimate of drug-likeness (QED) is 0.454. The van der Waals surface area contributed by atoms with Crippen molar-refractivity contribution in [2.45, 2.75) is 84.6 Å². The summed E-state index contributed by atoms with van der Waals surface area (Å²) in [5.74, 6) is 1.01. The van der Waals surface area contributed by atoms with Crippen LogP contribution in [0.5, 0.6) is 0 Å². The molecule has 3 aliphatic rings. The minimum atomic E-state index is 0.494. The van der Waals surface area contributed by atoms with E-state index >= 15 is 0 Å². The zero-order valence-electron chi connectivity index (χ0n) is 22.2. The van der Waals surface area contributed by atoms with E-state index in [4.69, 9.17) is 0 Å². The highest BCUT2D eigenvalue weighted by molar-refractivity contribution is 5.84. The normalized spacial score (nSPS) is 21.4. The largest absolute Gasteiger partial charge is 0.377 e. The minimum absolute atomic E-state index is 0.494. The molecule has 0 radical (unpaired) electrons. The fraction of sp³-hybridized carbons (Fsp3) is 0.500. The first-order chi connectivity index (χ1) is 16.9. The number of fused-ring (bicyclic) bond motifs is 1. The lowest BCUT2D eigenvalue weighted by Gasteiger charge is -2.18. The number of nitrogens with one attached hydrogen (secondary N) is 1. The van der Waals surface area contributed by atoms with Crippen LogP contribution in [0.2, 0.25) is 0 Å². The van der Waals surface area contributed by atoms with E-state index < -0.39 is 0 Å². The van der Waals surface area contributed by atoms with Gasteiger partial charge >= 0.3 is 0 Å². The molecule has 1 N–H and O–H groups in total. The lowest BCUT2D eigenvalue weighted by molar-refractivity contribution is 0.373. The molecule has 35 heavy (non-hydrogen) atoms. The fourth-order valence-corrected chi connectivity index (χ4v) is 6.65. The van der Waals surface area contributed by atoms with Crippen LogP contribution in [0.4, 0.5) is 0 Å². The van der Waals surface area contributed by atoms with Gasteiger partial charge in [0.25, 0.3) is 0 Å². The number of hydrogen-bond donors (Lipinski definition) is 1. The third-order valence-electron chi connectivity index (χ3n) is 8.18. The Balaban J connectivity index is 0.000000320. The molecule has 0 amide bonds. The SMILES string of the molecule is C=CN1CC(c2cn3c4c2=CCCC=4CCC3)C(c2c[nH]c3ccccc23)C1.CCCC(C)(C)C. The van der Waals surface area contributed by atoms with Gasteiger partial charge < -0.3 is 14.5 Å². The Kier molecular flexibility index (Phi) is 6.70. The highest BCUT2D eigenvalue weighted by Crippen LogP contribution is 2.41. The topological polar surface area (TPSA) is 24.0 Å². The molecule has 4 heterocycles. The Hall–Kier alpha value is -2.68. The molecule has 2 aromatic heterocycles. The van der Waals surface area contributed by atoms with Crippen LogP contribution in [0.15, 0.2) is 49.4 Å². The summed E-state index contributed by atoms with van der Waals surface area (Å²) in [5, 5.41) is 4.47. The van der Waals surface area contributed by atoms with Gasteiger partial charge in [0, 0.05) is 60.1 Å². The molecule has 3 aromatic rings. The zero-order valence-corrected chi connectivity index (χ0v) is 22.2. The number of nitrogens with zero attached hydrogens (tertiary/aromatic N) is 2. The molecule has 3 nitrogen and oxygen atoms in total. The van der Waals surface area contributed by atoms with Crippen LogP contribution in [0.25, 0.3) is 22.6 Å². The monoisotopic (exact) mass is 469 g/mol. The van der Waals surface area contributed by atoms with Gasteiger partial charge in [0.1, 0.15) is 0 Å². The van der Waals surface area contributed by atoms with Crippen molar-refractivity contribution in [3.8, 4) is 0 Å². The van der Waals surface area contributed by atoms with Crippen LogP contribution < -0.4 is 10.6 Å². The van der Waals surface area contributed by atoms with E-state index in [0.29, 0.717) is 17.3 Å². The van der Waals surface area contributed by atoms with Crippen molar-refractivity contribution in [1.82, 2.24) is 14.5 Å². The minimum Gasteiger partial charge on any atom is -0.377 e. The summed E-state index contributed by atoms with van der Waals surface area (Å²) in [4.78, 5) is 5.91. The van der Waals surface area contributed by atoms with E-state index in [9.17, 15) is 0 Å². The van der Waals surface area contributed by atoms with Gasteiger partial charge in [-0.15, -0.1) is 0 Å². The Morgan fingerprint density at radius 2 is 1.86 bits per heavy atom. The molecule has 1 saturated heterocycles. The van der Waals surface area contributed by atoms with Crippen molar-refractivity contribution < 1.29 is 0 Å². The lowest BCUT2D eigenvalue weighted by Crippen LogP contribution is -2.37. The highest BCUT2D eigenvalue weighted by Gasteiger charge is 2.36. The zero-order chi connectivity index (χ0) is 24.6. The van der Waals surface area contributed by atoms with Crippen LogP contribution in [0.3, 0.4) is 0 Å². The molecule has 2 atom stereocenters. The maximum atomic E-state index is 4.08. The summed E-state index contributed by atoms with van der Waals surface area (Å²) in [6.07, 6.45) is 17.0. The summed E-state index contributed by atoms with van der Waals surface area (Å²) in [6, 6.07) is 8.72. The number of H-pyrrole nitrogens is 1. The first-order valence-corrected chi connectivity index (χ1v) is 13.7. The van der Waals surface area contributed by atoms with Gasteiger partial charge in [0.05, 0.1) is 0 Å². The maximum Gasteiger partial charge on any atom is 0.0472 e. The molecular weight excluding hydrogens is 426 g/mol. The van der Waals surface area contributed by atoms with E-state index in [1.54, 1.807) is 21.7 Å². The van der Waals surface area contributed by atoms with Crippen molar-refractivity contribution in [2.75, 3.05) is 13.1 Å². The van der Waals surface area contributed by atoms with Crippen molar-refractivity contribution in [3.05, 3.63) is 71.1 Å². The summed E-state index contributed by atoms with van der Waals surface area (Å²) < 4.78 is 2.56. The number of para-hydroxylation sites is 1. The second-order valence-corrected chi connectivity index (χ2v) is 11.9. The number of benzene rings is 1. The molecule has 3 heteroatoms. The van der Waals surface area contributed by atoms with Crippen molar-refractivity contribution in [1.29, 1.82) is 0 Å². The molecule has 1 fully saturated rings. The van der Waals surface area contributed by atoms with Gasteiger partial charge in [0.15, 0.2) is 0 Å². The Morgan fingerprint density at radius 3 is 2.57 bits per heavy atom. The Morgan fingerprint density at radius 1 is 1.09 bits per heavy atom. The Labute approximate surface area is 211 Å². The number of likely N-dealkylation sites (tertiary alicyclic amines) is 1. The number of aryl methyl sites for hydroxylation is 1. The predicted octanol–water partition coefficient (Wildman–Crippen LogP) is 6.65. The average molecular weight is 470 g/mol. The highest BCUT2D eigenvalue weighted by atomic mass is 15.1. The molecule has 2 aliphatic heterocycles. The molecular formula is C32H43N3. The predicted molar refractivity (Wildman–Crippen MR) is 150 cm³/mol. The van der Waals surface area contributed by atoms with Crippen LogP contribution in [0.1, 0.15) is 89.2 Å². The molecule has 0 spiro atoms. The van der Waals surface area contributed by atoms with E-state index in [1.807, 2.05) is 6.20 Å². The van der Waals surface area contributed by atoms with E-state index in [2.05, 4.69) is 91.5 Å². The fourth-order valence-electron chi connectivity index (χ4n) is 6.65. The van der Waals surface area contributed by atoms with Crippen molar-refractivity contribution in [2.24, 2.45) is 5.41 Å². The van der Waals surface area contributed by atoms with E-state index in [1.165, 1.54) is 61.5 Å². The van der Waals surface area contributed by atoms with Gasteiger partial charge in [-0.05, 0) is 71.7 Å².